The lowest BCUT2D eigenvalue weighted by Crippen LogP contribution is -1.88. The average molecular weight is 148 g/mol. The highest BCUT2D eigenvalue weighted by molar-refractivity contribution is 5.24. The maximum absolute atomic E-state index is 3.73. The molecule has 0 radical (unpaired) electrons. The van der Waals surface area contributed by atoms with Crippen LogP contribution < -0.4 is 0 Å². The lowest BCUT2D eigenvalue weighted by molar-refractivity contribution is 0.792. The third kappa shape index (κ3) is 4.38. The molecule has 0 heterocycles. The Morgan fingerprint density at radius 3 is 2.18 bits per heavy atom. The van der Waals surface area contributed by atoms with E-state index < -0.39 is 0 Å². The molecule has 0 fully saturated rings. The van der Waals surface area contributed by atoms with Gasteiger partial charge in [-0.1, -0.05) is 57.4 Å². The predicted octanol–water partition coefficient (Wildman–Crippen LogP) is 3.50. The molecular formula is C11H16. The van der Waals surface area contributed by atoms with Crippen molar-refractivity contribution in [1.29, 1.82) is 0 Å². The largest absolute Gasteiger partial charge is 0.0991 e. The van der Waals surface area contributed by atoms with Gasteiger partial charge >= 0.3 is 0 Å². The quantitative estimate of drug-likeness (QED) is 0.535. The van der Waals surface area contributed by atoms with Gasteiger partial charge in [-0.05, 0) is 11.5 Å². The third-order valence-corrected chi connectivity index (χ3v) is 1.44. The molecule has 0 saturated heterocycles. The van der Waals surface area contributed by atoms with E-state index in [4.69, 9.17) is 0 Å². The Balaban J connectivity index is 4.23. The van der Waals surface area contributed by atoms with Crippen molar-refractivity contribution in [3.63, 3.8) is 0 Å². The van der Waals surface area contributed by atoms with Crippen molar-refractivity contribution in [1.82, 2.24) is 0 Å². The second kappa shape index (κ2) is 5.72. The van der Waals surface area contributed by atoms with Gasteiger partial charge in [-0.2, -0.15) is 0 Å². The van der Waals surface area contributed by atoms with Gasteiger partial charge < -0.3 is 0 Å². The molecule has 0 aliphatic rings. The average Bonchev–Trinajstić information content (AvgIpc) is 1.97. The van der Waals surface area contributed by atoms with Crippen molar-refractivity contribution < 1.29 is 0 Å². The summed E-state index contributed by atoms with van der Waals surface area (Å²) >= 11 is 0. The first-order valence-electron chi connectivity index (χ1n) is 3.84. The molecular weight excluding hydrogens is 132 g/mol. The minimum Gasteiger partial charge on any atom is -0.0991 e. The topological polar surface area (TPSA) is 0 Å². The van der Waals surface area contributed by atoms with Crippen molar-refractivity contribution >= 4 is 0 Å². The number of hydrogen-bond donors (Lipinski definition) is 0. The van der Waals surface area contributed by atoms with E-state index in [1.165, 1.54) is 5.57 Å². The standard InChI is InChI=1S/C11H16/c1-5-7-8-9-11(6-2)10(3)4/h5-10H,1-2H2,3-4H3/b8-7-,11-9+. The molecule has 0 aliphatic carbocycles. The molecule has 0 aromatic rings. The molecule has 0 aromatic carbocycles. The summed E-state index contributed by atoms with van der Waals surface area (Å²) in [5.74, 6) is 0.543. The first-order valence-corrected chi connectivity index (χ1v) is 3.84. The van der Waals surface area contributed by atoms with Crippen LogP contribution in [0.5, 0.6) is 0 Å². The molecule has 0 atom stereocenters. The van der Waals surface area contributed by atoms with Gasteiger partial charge in [-0.25, -0.2) is 0 Å². The Hall–Kier alpha value is -1.04. The molecule has 0 N–H and O–H groups in total. The predicted molar refractivity (Wildman–Crippen MR) is 52.5 cm³/mol. The van der Waals surface area contributed by atoms with E-state index in [2.05, 4.69) is 33.1 Å². The maximum Gasteiger partial charge on any atom is -0.0219 e. The van der Waals surface area contributed by atoms with Crippen molar-refractivity contribution in [3.8, 4) is 0 Å². The molecule has 0 aromatic heterocycles. The van der Waals surface area contributed by atoms with Crippen LogP contribution in [0.25, 0.3) is 0 Å². The fourth-order valence-corrected chi connectivity index (χ4v) is 0.741. The van der Waals surface area contributed by atoms with Crippen molar-refractivity contribution in [3.05, 3.63) is 49.1 Å². The van der Waals surface area contributed by atoms with E-state index in [-0.39, 0.29) is 0 Å². The summed E-state index contributed by atoms with van der Waals surface area (Å²) in [5, 5.41) is 0. The molecule has 0 nitrogen and oxygen atoms in total. The van der Waals surface area contributed by atoms with Crippen LogP contribution >= 0.6 is 0 Å². The highest BCUT2D eigenvalue weighted by Crippen LogP contribution is 2.09. The summed E-state index contributed by atoms with van der Waals surface area (Å²) in [5.41, 5.74) is 1.25. The fourth-order valence-electron chi connectivity index (χ4n) is 0.741. The van der Waals surface area contributed by atoms with E-state index in [9.17, 15) is 0 Å². The summed E-state index contributed by atoms with van der Waals surface area (Å²) < 4.78 is 0. The van der Waals surface area contributed by atoms with Gasteiger partial charge in [-0.3, -0.25) is 0 Å². The molecule has 0 amide bonds. The Morgan fingerprint density at radius 2 is 1.82 bits per heavy atom. The third-order valence-electron chi connectivity index (χ3n) is 1.44. The second-order valence-corrected chi connectivity index (χ2v) is 2.65. The molecule has 11 heavy (non-hydrogen) atoms. The van der Waals surface area contributed by atoms with Crippen LogP contribution in [0.2, 0.25) is 0 Å². The Bertz CT molecular complexity index is 180. The number of hydrogen-bond acceptors (Lipinski definition) is 0. The lowest BCUT2D eigenvalue weighted by Gasteiger charge is -2.02. The highest BCUT2D eigenvalue weighted by Gasteiger charge is 1.94. The van der Waals surface area contributed by atoms with Gasteiger partial charge in [0.1, 0.15) is 0 Å². The van der Waals surface area contributed by atoms with Gasteiger partial charge in [-0.15, -0.1) is 0 Å². The SMILES string of the molecule is C=C/C=C\C=C(/C=C)C(C)C. The van der Waals surface area contributed by atoms with Crippen LogP contribution in [0.15, 0.2) is 49.1 Å². The van der Waals surface area contributed by atoms with Gasteiger partial charge in [0, 0.05) is 0 Å². The summed E-state index contributed by atoms with van der Waals surface area (Å²) in [6.07, 6.45) is 9.59. The minimum absolute atomic E-state index is 0.543. The van der Waals surface area contributed by atoms with Crippen LogP contribution in [0.3, 0.4) is 0 Å². The molecule has 0 heteroatoms. The molecule has 0 aliphatic heterocycles. The van der Waals surface area contributed by atoms with Crippen LogP contribution in [-0.4, -0.2) is 0 Å². The minimum atomic E-state index is 0.543. The van der Waals surface area contributed by atoms with E-state index in [0.717, 1.165) is 0 Å². The van der Waals surface area contributed by atoms with Crippen LogP contribution in [-0.2, 0) is 0 Å². The summed E-state index contributed by atoms with van der Waals surface area (Å²) in [7, 11) is 0. The summed E-state index contributed by atoms with van der Waals surface area (Å²) in [6.45, 7) is 11.6. The van der Waals surface area contributed by atoms with Gasteiger partial charge in [0.05, 0.1) is 0 Å². The first-order chi connectivity index (χ1) is 5.22. The molecule has 0 rings (SSSR count). The summed E-state index contributed by atoms with van der Waals surface area (Å²) in [6, 6.07) is 0. The van der Waals surface area contributed by atoms with E-state index in [0.29, 0.717) is 5.92 Å². The molecule has 0 bridgehead atoms. The van der Waals surface area contributed by atoms with Crippen molar-refractivity contribution in [2.45, 2.75) is 13.8 Å². The molecule has 0 unspecified atom stereocenters. The van der Waals surface area contributed by atoms with Gasteiger partial charge in [0.25, 0.3) is 0 Å². The van der Waals surface area contributed by atoms with Crippen LogP contribution in [0.1, 0.15) is 13.8 Å². The smallest absolute Gasteiger partial charge is 0.0219 e. The first kappa shape index (κ1) is 9.96. The Morgan fingerprint density at radius 1 is 1.18 bits per heavy atom. The highest BCUT2D eigenvalue weighted by atomic mass is 14.0. The Labute approximate surface area is 69.6 Å². The van der Waals surface area contributed by atoms with Crippen molar-refractivity contribution in [2.75, 3.05) is 0 Å². The van der Waals surface area contributed by atoms with Gasteiger partial charge in [0.15, 0.2) is 0 Å². The number of allylic oxidation sites excluding steroid dienone is 6. The second-order valence-electron chi connectivity index (χ2n) is 2.65. The van der Waals surface area contributed by atoms with Crippen molar-refractivity contribution in [2.24, 2.45) is 5.92 Å². The van der Waals surface area contributed by atoms with Gasteiger partial charge in [0.2, 0.25) is 0 Å². The van der Waals surface area contributed by atoms with E-state index in [1.54, 1.807) is 6.08 Å². The summed E-state index contributed by atoms with van der Waals surface area (Å²) in [4.78, 5) is 0. The lowest BCUT2D eigenvalue weighted by atomic mass is 10.0. The zero-order chi connectivity index (χ0) is 8.69. The zero-order valence-corrected chi connectivity index (χ0v) is 7.38. The van der Waals surface area contributed by atoms with E-state index in [1.807, 2.05) is 18.2 Å². The Kier molecular flexibility index (Phi) is 5.18. The zero-order valence-electron chi connectivity index (χ0n) is 7.38. The maximum atomic E-state index is 3.73. The molecule has 60 valence electrons. The van der Waals surface area contributed by atoms with Crippen LogP contribution in [0.4, 0.5) is 0 Å². The van der Waals surface area contributed by atoms with Crippen LogP contribution in [0, 0.1) is 5.92 Å². The monoisotopic (exact) mass is 148 g/mol. The normalized spacial score (nSPS) is 12.5. The van der Waals surface area contributed by atoms with E-state index >= 15 is 0 Å². The fraction of sp³-hybridized carbons (Fsp3) is 0.273. The molecule has 0 saturated carbocycles. The number of rotatable bonds is 4. The molecule has 0 spiro atoms.